The topological polar surface area (TPSA) is 70.7 Å². The van der Waals surface area contributed by atoms with Crippen molar-refractivity contribution in [2.45, 2.75) is 13.1 Å². The number of hydrogen-bond acceptors (Lipinski definition) is 4. The van der Waals surface area contributed by atoms with Gasteiger partial charge in [-0.15, -0.1) is 10.2 Å². The van der Waals surface area contributed by atoms with Crippen LogP contribution in [0.3, 0.4) is 0 Å². The molecule has 1 aromatic heterocycles. The fraction of sp³-hybridized carbons (Fsp3) is 0.182. The lowest BCUT2D eigenvalue weighted by Crippen LogP contribution is -2.16. The number of H-pyrrole nitrogens is 1. The second-order valence-electron chi connectivity index (χ2n) is 3.91. The largest absolute Gasteiger partial charge is 0.416 e. The minimum Gasteiger partial charge on any atom is -0.323 e. The molecule has 1 aromatic carbocycles. The molecule has 106 valence electrons. The monoisotopic (exact) mass is 304 g/mol. The molecule has 0 aliphatic heterocycles. The highest BCUT2D eigenvalue weighted by atomic mass is 35.5. The number of aromatic amines is 1. The van der Waals surface area contributed by atoms with Crippen molar-refractivity contribution in [1.29, 1.82) is 0 Å². The van der Waals surface area contributed by atoms with E-state index in [2.05, 4.69) is 20.5 Å². The molecule has 0 saturated carbocycles. The standard InChI is InChI=1S/C11H8ClF3N4O/c1-5-9(20)17-10(19-18-5)16-8-4-6(11(13,14)15)2-3-7(8)12/h2-4H,1H3,(H2,16,17,19,20). The fourth-order valence-corrected chi connectivity index (χ4v) is 1.54. The minimum atomic E-state index is -4.49. The molecular weight excluding hydrogens is 297 g/mol. The molecule has 0 spiro atoms. The predicted octanol–water partition coefficient (Wildman–Crippen LogP) is 2.89. The Morgan fingerprint density at radius 2 is 2.00 bits per heavy atom. The van der Waals surface area contributed by atoms with Gasteiger partial charge in [0.2, 0.25) is 5.95 Å². The van der Waals surface area contributed by atoms with E-state index in [1.54, 1.807) is 0 Å². The molecule has 20 heavy (non-hydrogen) atoms. The van der Waals surface area contributed by atoms with Crippen LogP contribution in [-0.4, -0.2) is 15.2 Å². The highest BCUT2D eigenvalue weighted by Crippen LogP contribution is 2.34. The molecule has 0 bridgehead atoms. The van der Waals surface area contributed by atoms with Crippen LogP contribution in [0.1, 0.15) is 11.3 Å². The number of halogens is 4. The first-order valence-electron chi connectivity index (χ1n) is 5.35. The molecule has 0 amide bonds. The van der Waals surface area contributed by atoms with Gasteiger partial charge in [0.05, 0.1) is 16.3 Å². The molecule has 2 aromatic rings. The van der Waals surface area contributed by atoms with Crippen LogP contribution >= 0.6 is 11.6 Å². The van der Waals surface area contributed by atoms with Gasteiger partial charge in [-0.1, -0.05) is 11.6 Å². The van der Waals surface area contributed by atoms with E-state index in [9.17, 15) is 18.0 Å². The Hall–Kier alpha value is -2.09. The summed E-state index contributed by atoms with van der Waals surface area (Å²) in [4.78, 5) is 13.7. The zero-order chi connectivity index (χ0) is 14.9. The molecule has 0 atom stereocenters. The van der Waals surface area contributed by atoms with Gasteiger partial charge in [-0.25, -0.2) is 0 Å². The number of nitrogens with one attached hydrogen (secondary N) is 2. The third-order valence-electron chi connectivity index (χ3n) is 2.41. The third-order valence-corrected chi connectivity index (χ3v) is 2.74. The molecule has 0 aliphatic carbocycles. The molecule has 0 fully saturated rings. The summed E-state index contributed by atoms with van der Waals surface area (Å²) in [5.41, 5.74) is -1.25. The van der Waals surface area contributed by atoms with E-state index in [1.807, 2.05) is 0 Å². The zero-order valence-corrected chi connectivity index (χ0v) is 10.8. The summed E-state index contributed by atoms with van der Waals surface area (Å²) >= 11 is 5.80. The highest BCUT2D eigenvalue weighted by Gasteiger charge is 2.31. The number of hydrogen-bond donors (Lipinski definition) is 2. The Labute approximate surface area is 115 Å². The molecular formula is C11H8ClF3N4O. The number of rotatable bonds is 2. The number of nitrogens with zero attached hydrogens (tertiary/aromatic N) is 2. The van der Waals surface area contributed by atoms with Crippen LogP contribution < -0.4 is 10.9 Å². The van der Waals surface area contributed by atoms with Gasteiger partial charge in [0, 0.05) is 0 Å². The number of anilines is 2. The lowest BCUT2D eigenvalue weighted by Gasteiger charge is -2.11. The summed E-state index contributed by atoms with van der Waals surface area (Å²) in [5, 5.41) is 9.71. The normalized spacial score (nSPS) is 11.4. The van der Waals surface area contributed by atoms with Gasteiger partial charge in [-0.05, 0) is 25.1 Å². The van der Waals surface area contributed by atoms with Gasteiger partial charge < -0.3 is 5.32 Å². The predicted molar refractivity (Wildman–Crippen MR) is 67.1 cm³/mol. The van der Waals surface area contributed by atoms with Crippen molar-refractivity contribution in [3.05, 3.63) is 44.8 Å². The lowest BCUT2D eigenvalue weighted by molar-refractivity contribution is -0.137. The smallest absolute Gasteiger partial charge is 0.323 e. The van der Waals surface area contributed by atoms with Crippen LogP contribution in [-0.2, 0) is 6.18 Å². The number of alkyl halides is 3. The first-order valence-corrected chi connectivity index (χ1v) is 5.72. The van der Waals surface area contributed by atoms with E-state index in [4.69, 9.17) is 11.6 Å². The molecule has 0 radical (unpaired) electrons. The van der Waals surface area contributed by atoms with Crippen LogP contribution in [0, 0.1) is 6.92 Å². The first kappa shape index (κ1) is 14.3. The Balaban J connectivity index is 2.37. The summed E-state index contributed by atoms with van der Waals surface area (Å²) in [6.45, 7) is 1.45. The zero-order valence-electron chi connectivity index (χ0n) is 10.0. The molecule has 5 nitrogen and oxygen atoms in total. The van der Waals surface area contributed by atoms with Gasteiger partial charge in [0.15, 0.2) is 0 Å². The van der Waals surface area contributed by atoms with Gasteiger partial charge in [0.1, 0.15) is 5.69 Å². The van der Waals surface area contributed by atoms with Crippen LogP contribution in [0.2, 0.25) is 5.02 Å². The SMILES string of the molecule is Cc1nnc(Nc2cc(C(F)(F)F)ccc2Cl)[nH]c1=O. The molecule has 1 heterocycles. The van der Waals surface area contributed by atoms with E-state index in [1.165, 1.54) is 6.92 Å². The van der Waals surface area contributed by atoms with Crippen LogP contribution in [0.5, 0.6) is 0 Å². The van der Waals surface area contributed by atoms with Gasteiger partial charge in [-0.2, -0.15) is 13.2 Å². The molecule has 0 saturated heterocycles. The first-order chi connectivity index (χ1) is 9.27. The van der Waals surface area contributed by atoms with Crippen molar-refractivity contribution in [3.63, 3.8) is 0 Å². The molecule has 2 N–H and O–H groups in total. The summed E-state index contributed by atoms with van der Waals surface area (Å²) in [6, 6.07) is 2.78. The average Bonchev–Trinajstić information content (AvgIpc) is 2.35. The second kappa shape index (κ2) is 5.12. The Morgan fingerprint density at radius 3 is 2.60 bits per heavy atom. The summed E-state index contributed by atoms with van der Waals surface area (Å²) < 4.78 is 37.8. The van der Waals surface area contributed by atoms with E-state index in [0.29, 0.717) is 0 Å². The Morgan fingerprint density at radius 1 is 1.30 bits per heavy atom. The maximum absolute atomic E-state index is 12.6. The highest BCUT2D eigenvalue weighted by molar-refractivity contribution is 6.33. The number of benzene rings is 1. The lowest BCUT2D eigenvalue weighted by atomic mass is 10.2. The van der Waals surface area contributed by atoms with Crippen molar-refractivity contribution in [1.82, 2.24) is 15.2 Å². The maximum Gasteiger partial charge on any atom is 0.416 e. The Kier molecular flexibility index (Phi) is 3.67. The van der Waals surface area contributed by atoms with Crippen molar-refractivity contribution < 1.29 is 13.2 Å². The van der Waals surface area contributed by atoms with E-state index in [-0.39, 0.29) is 22.4 Å². The minimum absolute atomic E-state index is 0.0321. The third kappa shape index (κ3) is 3.08. The second-order valence-corrected chi connectivity index (χ2v) is 4.31. The summed E-state index contributed by atoms with van der Waals surface area (Å²) in [5.74, 6) is -0.0955. The summed E-state index contributed by atoms with van der Waals surface area (Å²) in [7, 11) is 0. The van der Waals surface area contributed by atoms with Crippen LogP contribution in [0.4, 0.5) is 24.8 Å². The molecule has 0 unspecified atom stereocenters. The quantitative estimate of drug-likeness (QED) is 0.895. The fourth-order valence-electron chi connectivity index (χ4n) is 1.37. The van der Waals surface area contributed by atoms with Crippen molar-refractivity contribution in [2.24, 2.45) is 0 Å². The average molecular weight is 305 g/mol. The molecule has 0 aliphatic rings. The number of aryl methyl sites for hydroxylation is 1. The van der Waals surface area contributed by atoms with Gasteiger partial charge >= 0.3 is 6.18 Å². The Bertz CT molecular complexity index is 699. The van der Waals surface area contributed by atoms with Crippen LogP contribution in [0.25, 0.3) is 0 Å². The van der Waals surface area contributed by atoms with Gasteiger partial charge in [-0.3, -0.25) is 9.78 Å². The van der Waals surface area contributed by atoms with Gasteiger partial charge in [0.25, 0.3) is 5.56 Å². The van der Waals surface area contributed by atoms with E-state index in [0.717, 1.165) is 18.2 Å². The van der Waals surface area contributed by atoms with E-state index < -0.39 is 17.3 Å². The number of aromatic nitrogens is 3. The summed E-state index contributed by atoms with van der Waals surface area (Å²) in [6.07, 6.45) is -4.49. The maximum atomic E-state index is 12.6. The van der Waals surface area contributed by atoms with Crippen molar-refractivity contribution in [3.8, 4) is 0 Å². The molecule has 9 heteroatoms. The van der Waals surface area contributed by atoms with Crippen molar-refractivity contribution in [2.75, 3.05) is 5.32 Å². The van der Waals surface area contributed by atoms with E-state index >= 15 is 0 Å². The molecule has 2 rings (SSSR count). The van der Waals surface area contributed by atoms with Crippen LogP contribution in [0.15, 0.2) is 23.0 Å². The van der Waals surface area contributed by atoms with Crippen molar-refractivity contribution >= 4 is 23.2 Å².